The highest BCUT2D eigenvalue weighted by atomic mass is 16.3. The molecule has 0 aliphatic heterocycles. The lowest BCUT2D eigenvalue weighted by Gasteiger charge is -2.12. The first-order valence-electron chi connectivity index (χ1n) is 24.3. The molecule has 0 atom stereocenters. The molecule has 6 nitrogen and oxygen atoms in total. The Balaban J connectivity index is 0.847. The molecule has 0 unspecified atom stereocenters. The van der Waals surface area contributed by atoms with Crippen molar-refractivity contribution in [3.63, 3.8) is 0 Å². The van der Waals surface area contributed by atoms with Gasteiger partial charge in [0, 0.05) is 49.5 Å². The van der Waals surface area contributed by atoms with Crippen molar-refractivity contribution in [3.8, 4) is 101 Å². The minimum Gasteiger partial charge on any atom is -0.455 e. The third-order valence-electron chi connectivity index (χ3n) is 14.0. The molecule has 0 spiro atoms. The summed E-state index contributed by atoms with van der Waals surface area (Å²) < 4.78 is 6.59. The SMILES string of the molecule is c1ccc(-c2ccc(-c3cc(-c4cccc(-c5cccc(-c6nc(-c7ccccc7)nc(-c7ccc8c(c7)oc7c9ccccc9ccc87)n6)c5)c4)nc(-c4ccc5c(c4)Cc4ccccc4-5)n3)cc2)cc1. The van der Waals surface area contributed by atoms with Crippen LogP contribution in [0.1, 0.15) is 11.1 Å². The minimum atomic E-state index is 0.566. The first-order chi connectivity index (χ1) is 35.6. The van der Waals surface area contributed by atoms with Gasteiger partial charge in [0.05, 0.1) is 11.4 Å². The lowest BCUT2D eigenvalue weighted by Crippen LogP contribution is -2.00. The van der Waals surface area contributed by atoms with Gasteiger partial charge in [-0.2, -0.15) is 0 Å². The highest BCUT2D eigenvalue weighted by molar-refractivity contribution is 6.15. The van der Waals surface area contributed by atoms with Crippen LogP contribution in [0.5, 0.6) is 0 Å². The molecule has 0 radical (unpaired) electrons. The molecule has 0 bridgehead atoms. The number of rotatable bonds is 8. The van der Waals surface area contributed by atoms with Crippen LogP contribution in [-0.4, -0.2) is 24.9 Å². The van der Waals surface area contributed by atoms with Crippen molar-refractivity contribution >= 4 is 32.7 Å². The fourth-order valence-corrected chi connectivity index (χ4v) is 10.3. The second kappa shape index (κ2) is 17.1. The zero-order valence-corrected chi connectivity index (χ0v) is 38.9. The molecule has 6 heteroatoms. The van der Waals surface area contributed by atoms with E-state index in [2.05, 4.69) is 194 Å². The van der Waals surface area contributed by atoms with E-state index in [0.29, 0.717) is 23.3 Å². The Morgan fingerprint density at radius 3 is 1.58 bits per heavy atom. The third kappa shape index (κ3) is 7.41. The normalized spacial score (nSPS) is 11.8. The van der Waals surface area contributed by atoms with Crippen LogP contribution in [0.15, 0.2) is 241 Å². The summed E-state index contributed by atoms with van der Waals surface area (Å²) in [6, 6.07) is 82.6. The molecular formula is C66H41N5O. The molecule has 1 aliphatic rings. The van der Waals surface area contributed by atoms with Crippen molar-refractivity contribution in [2.45, 2.75) is 6.42 Å². The average Bonchev–Trinajstić information content (AvgIpc) is 4.03. The summed E-state index contributed by atoms with van der Waals surface area (Å²) in [5.41, 5.74) is 18.6. The smallest absolute Gasteiger partial charge is 0.164 e. The van der Waals surface area contributed by atoms with Crippen LogP contribution in [0.4, 0.5) is 0 Å². The van der Waals surface area contributed by atoms with Crippen LogP contribution in [0.25, 0.3) is 134 Å². The number of nitrogens with zero attached hydrogens (tertiary/aromatic N) is 5. The van der Waals surface area contributed by atoms with E-state index in [0.717, 1.165) is 101 Å². The van der Waals surface area contributed by atoms with Crippen molar-refractivity contribution in [1.82, 2.24) is 24.9 Å². The van der Waals surface area contributed by atoms with Crippen molar-refractivity contribution in [2.24, 2.45) is 0 Å². The monoisotopic (exact) mass is 919 g/mol. The van der Waals surface area contributed by atoms with Crippen LogP contribution in [-0.2, 0) is 6.42 Å². The zero-order chi connectivity index (χ0) is 47.5. The summed E-state index contributed by atoms with van der Waals surface area (Å²) in [6.07, 6.45) is 0.892. The summed E-state index contributed by atoms with van der Waals surface area (Å²) >= 11 is 0. The minimum absolute atomic E-state index is 0.566. The van der Waals surface area contributed by atoms with Gasteiger partial charge in [-0.25, -0.2) is 24.9 Å². The Bertz CT molecular complexity index is 4240. The van der Waals surface area contributed by atoms with Gasteiger partial charge < -0.3 is 4.42 Å². The van der Waals surface area contributed by atoms with Crippen molar-refractivity contribution in [3.05, 3.63) is 248 Å². The van der Waals surface area contributed by atoms with Crippen LogP contribution >= 0.6 is 0 Å². The van der Waals surface area contributed by atoms with E-state index < -0.39 is 0 Å². The molecule has 13 aromatic rings. The van der Waals surface area contributed by atoms with Gasteiger partial charge >= 0.3 is 0 Å². The van der Waals surface area contributed by atoms with Crippen LogP contribution < -0.4 is 0 Å². The highest BCUT2D eigenvalue weighted by Gasteiger charge is 2.21. The average molecular weight is 920 g/mol. The van der Waals surface area contributed by atoms with E-state index in [-0.39, 0.29) is 0 Å². The Morgan fingerprint density at radius 1 is 0.278 bits per heavy atom. The van der Waals surface area contributed by atoms with Crippen molar-refractivity contribution in [2.75, 3.05) is 0 Å². The standard InChI is InChI=1S/C66H41N5O/c1-3-13-41(14-4-1)42-25-27-44(28-26-42)59-40-60(68-64(67-59)51-30-32-55-53(38-51)37-48-18-8-9-23-54(48)55)49-21-11-19-46(35-49)47-20-12-22-50(36-47)65-69-63(45-16-5-2-6-17-45)70-66(71-65)52-31-33-57-58-34-29-43-15-7-10-24-56(43)62(58)72-61(57)39-52/h1-36,38-40H,37H2. The first kappa shape index (κ1) is 41.3. The summed E-state index contributed by atoms with van der Waals surface area (Å²) in [7, 11) is 0. The van der Waals surface area contributed by atoms with Gasteiger partial charge in [-0.15, -0.1) is 0 Å². The Kier molecular flexibility index (Phi) is 9.81. The summed E-state index contributed by atoms with van der Waals surface area (Å²) in [5, 5.41) is 4.36. The van der Waals surface area contributed by atoms with Gasteiger partial charge in [0.1, 0.15) is 11.2 Å². The maximum Gasteiger partial charge on any atom is 0.164 e. The predicted octanol–water partition coefficient (Wildman–Crippen LogP) is 16.6. The quantitative estimate of drug-likeness (QED) is 0.151. The second-order valence-corrected chi connectivity index (χ2v) is 18.4. The molecular weight excluding hydrogens is 879 g/mol. The summed E-state index contributed by atoms with van der Waals surface area (Å²) in [6.45, 7) is 0. The van der Waals surface area contributed by atoms with Gasteiger partial charge in [0.15, 0.2) is 23.3 Å². The molecule has 0 saturated carbocycles. The maximum atomic E-state index is 6.59. The lowest BCUT2D eigenvalue weighted by atomic mass is 9.98. The zero-order valence-electron chi connectivity index (χ0n) is 38.9. The number of benzene rings is 10. The van der Waals surface area contributed by atoms with Crippen molar-refractivity contribution in [1.29, 1.82) is 0 Å². The largest absolute Gasteiger partial charge is 0.455 e. The van der Waals surface area contributed by atoms with Gasteiger partial charge in [0.25, 0.3) is 0 Å². The third-order valence-corrected chi connectivity index (χ3v) is 14.0. The van der Waals surface area contributed by atoms with E-state index in [9.17, 15) is 0 Å². The van der Waals surface area contributed by atoms with E-state index in [1.165, 1.54) is 27.8 Å². The molecule has 14 rings (SSSR count). The first-order valence-corrected chi connectivity index (χ1v) is 24.3. The number of hydrogen-bond acceptors (Lipinski definition) is 6. The number of fused-ring (bicyclic) bond motifs is 8. The number of furan rings is 1. The van der Waals surface area contributed by atoms with Gasteiger partial charge in [0.2, 0.25) is 0 Å². The molecule has 0 amide bonds. The Morgan fingerprint density at radius 2 is 0.792 bits per heavy atom. The van der Waals surface area contributed by atoms with Crippen LogP contribution in [0.3, 0.4) is 0 Å². The van der Waals surface area contributed by atoms with Crippen LogP contribution in [0.2, 0.25) is 0 Å². The number of hydrogen-bond donors (Lipinski definition) is 0. The van der Waals surface area contributed by atoms with Crippen LogP contribution in [0, 0.1) is 0 Å². The van der Waals surface area contributed by atoms with Gasteiger partial charge in [-0.05, 0) is 98.8 Å². The van der Waals surface area contributed by atoms with E-state index >= 15 is 0 Å². The lowest BCUT2D eigenvalue weighted by molar-refractivity contribution is 0.673. The second-order valence-electron chi connectivity index (χ2n) is 18.4. The maximum absolute atomic E-state index is 6.59. The van der Waals surface area contributed by atoms with Crippen molar-refractivity contribution < 1.29 is 4.42 Å². The molecule has 0 saturated heterocycles. The molecule has 72 heavy (non-hydrogen) atoms. The fourth-order valence-electron chi connectivity index (χ4n) is 10.3. The van der Waals surface area contributed by atoms with Gasteiger partial charge in [-0.1, -0.05) is 194 Å². The fraction of sp³-hybridized carbons (Fsp3) is 0.0152. The molecule has 1 aliphatic carbocycles. The summed E-state index contributed by atoms with van der Waals surface area (Å²) in [4.78, 5) is 25.9. The van der Waals surface area contributed by atoms with E-state index in [1.807, 2.05) is 42.5 Å². The molecule has 3 aromatic heterocycles. The van der Waals surface area contributed by atoms with E-state index in [4.69, 9.17) is 29.3 Å². The highest BCUT2D eigenvalue weighted by Crippen LogP contribution is 2.40. The molecule has 0 N–H and O–H groups in total. The topological polar surface area (TPSA) is 77.6 Å². The molecule has 10 aromatic carbocycles. The molecule has 336 valence electrons. The Labute approximate surface area is 415 Å². The predicted molar refractivity (Wildman–Crippen MR) is 292 cm³/mol. The summed E-state index contributed by atoms with van der Waals surface area (Å²) in [5.74, 6) is 2.43. The molecule has 0 fully saturated rings. The molecule has 3 heterocycles. The van der Waals surface area contributed by atoms with Gasteiger partial charge in [-0.3, -0.25) is 0 Å². The number of aromatic nitrogens is 5. The Hall–Kier alpha value is -9.65. The van der Waals surface area contributed by atoms with E-state index in [1.54, 1.807) is 0 Å².